The Morgan fingerprint density at radius 2 is 1.79 bits per heavy atom. The van der Waals surface area contributed by atoms with Crippen molar-refractivity contribution >= 4 is 11.7 Å². The molecule has 0 aliphatic heterocycles. The Balaban J connectivity index is 1.51. The second-order valence-corrected chi connectivity index (χ2v) is 7.51. The standard InChI is InChI=1S/C23H19F3N6O2/c1-14(2)32-13-27-31-21(32)17-8-4-10-19(28-17)30-22(33)15-6-3-7-16(12-15)34-20-11-5-9-18(29-20)23(24,25)26/h3-14H,1-2H3,(H,28,30,33). The molecule has 3 heterocycles. The molecular weight excluding hydrogens is 449 g/mol. The van der Waals surface area contributed by atoms with Crippen LogP contribution in [0.25, 0.3) is 11.5 Å². The lowest BCUT2D eigenvalue weighted by Gasteiger charge is -2.11. The number of aromatic nitrogens is 5. The molecular formula is C23H19F3N6O2. The Bertz CT molecular complexity index is 1320. The predicted molar refractivity (Wildman–Crippen MR) is 117 cm³/mol. The fourth-order valence-corrected chi connectivity index (χ4v) is 3.07. The molecule has 0 saturated heterocycles. The summed E-state index contributed by atoms with van der Waals surface area (Å²) in [5.41, 5.74) is -0.308. The maximum Gasteiger partial charge on any atom is 0.433 e. The number of nitrogens with zero attached hydrogens (tertiary/aromatic N) is 5. The summed E-state index contributed by atoms with van der Waals surface area (Å²) < 4.78 is 45.9. The Morgan fingerprint density at radius 3 is 2.56 bits per heavy atom. The average Bonchev–Trinajstić information content (AvgIpc) is 3.30. The van der Waals surface area contributed by atoms with Crippen LogP contribution >= 0.6 is 0 Å². The highest BCUT2D eigenvalue weighted by Gasteiger charge is 2.32. The molecule has 34 heavy (non-hydrogen) atoms. The van der Waals surface area contributed by atoms with Gasteiger partial charge in [-0.3, -0.25) is 4.79 Å². The largest absolute Gasteiger partial charge is 0.439 e. The first-order valence-electron chi connectivity index (χ1n) is 10.2. The maximum atomic E-state index is 12.9. The summed E-state index contributed by atoms with van der Waals surface area (Å²) in [7, 11) is 0. The number of rotatable bonds is 6. The third-order valence-electron chi connectivity index (χ3n) is 4.68. The van der Waals surface area contributed by atoms with Gasteiger partial charge in [0.15, 0.2) is 5.82 Å². The number of nitrogens with one attached hydrogen (secondary N) is 1. The highest BCUT2D eigenvalue weighted by Crippen LogP contribution is 2.30. The Kier molecular flexibility index (Phi) is 6.26. The van der Waals surface area contributed by atoms with E-state index in [9.17, 15) is 18.0 Å². The van der Waals surface area contributed by atoms with Gasteiger partial charge in [-0.25, -0.2) is 9.97 Å². The number of anilines is 1. The molecule has 0 unspecified atom stereocenters. The van der Waals surface area contributed by atoms with E-state index in [1.54, 1.807) is 36.7 Å². The van der Waals surface area contributed by atoms with Crippen molar-refractivity contribution in [1.82, 2.24) is 24.7 Å². The van der Waals surface area contributed by atoms with Crippen LogP contribution in [0, 0.1) is 0 Å². The molecule has 0 atom stereocenters. The van der Waals surface area contributed by atoms with Gasteiger partial charge < -0.3 is 14.6 Å². The summed E-state index contributed by atoms with van der Waals surface area (Å²) in [4.78, 5) is 20.7. The minimum Gasteiger partial charge on any atom is -0.439 e. The summed E-state index contributed by atoms with van der Waals surface area (Å²) in [6.07, 6.45) is -2.98. The van der Waals surface area contributed by atoms with Crippen LogP contribution in [0.3, 0.4) is 0 Å². The minimum atomic E-state index is -4.59. The lowest BCUT2D eigenvalue weighted by Crippen LogP contribution is -2.13. The molecule has 0 fully saturated rings. The van der Waals surface area contributed by atoms with Crippen molar-refractivity contribution in [3.05, 3.63) is 78.2 Å². The molecule has 4 rings (SSSR count). The molecule has 174 valence electrons. The minimum absolute atomic E-state index is 0.124. The number of benzene rings is 1. The number of halogens is 3. The molecule has 1 amide bonds. The van der Waals surface area contributed by atoms with Crippen LogP contribution in [0.2, 0.25) is 0 Å². The molecule has 8 nitrogen and oxygen atoms in total. The second-order valence-electron chi connectivity index (χ2n) is 7.51. The number of carbonyl (C=O) groups is 1. The Hall–Kier alpha value is -4.28. The van der Waals surface area contributed by atoms with Gasteiger partial charge in [-0.1, -0.05) is 18.2 Å². The first-order chi connectivity index (χ1) is 16.2. The third-order valence-corrected chi connectivity index (χ3v) is 4.68. The summed E-state index contributed by atoms with van der Waals surface area (Å²) >= 11 is 0. The number of amides is 1. The van der Waals surface area contributed by atoms with Crippen LogP contribution < -0.4 is 10.1 Å². The van der Waals surface area contributed by atoms with Gasteiger partial charge in [-0.05, 0) is 50.2 Å². The molecule has 11 heteroatoms. The van der Waals surface area contributed by atoms with E-state index in [0.29, 0.717) is 17.3 Å². The van der Waals surface area contributed by atoms with Crippen molar-refractivity contribution in [3.8, 4) is 23.1 Å². The van der Waals surface area contributed by atoms with Crippen molar-refractivity contribution in [2.24, 2.45) is 0 Å². The summed E-state index contributed by atoms with van der Waals surface area (Å²) in [5, 5.41) is 10.7. The number of pyridine rings is 2. The summed E-state index contributed by atoms with van der Waals surface area (Å²) in [5.74, 6) is 0.307. The SMILES string of the molecule is CC(C)n1cnnc1-c1cccc(NC(=O)c2cccc(Oc3cccc(C(F)(F)F)n3)c2)n1. The zero-order valence-electron chi connectivity index (χ0n) is 18.1. The van der Waals surface area contributed by atoms with E-state index in [0.717, 1.165) is 6.07 Å². The fraction of sp³-hybridized carbons (Fsp3) is 0.174. The van der Waals surface area contributed by atoms with Gasteiger partial charge in [0, 0.05) is 17.7 Å². The molecule has 1 aromatic carbocycles. The lowest BCUT2D eigenvalue weighted by atomic mass is 10.2. The van der Waals surface area contributed by atoms with Crippen LogP contribution in [0.5, 0.6) is 11.6 Å². The van der Waals surface area contributed by atoms with E-state index in [1.807, 2.05) is 18.4 Å². The molecule has 1 N–H and O–H groups in total. The van der Waals surface area contributed by atoms with Gasteiger partial charge in [-0.15, -0.1) is 10.2 Å². The third kappa shape index (κ3) is 5.20. The average molecular weight is 468 g/mol. The first-order valence-corrected chi connectivity index (χ1v) is 10.2. The fourth-order valence-electron chi connectivity index (χ4n) is 3.07. The molecule has 0 bridgehead atoms. The molecule has 0 saturated carbocycles. The predicted octanol–water partition coefficient (Wildman–Crippen LogP) is 5.38. The summed E-state index contributed by atoms with van der Waals surface area (Å²) in [6, 6.07) is 14.6. The quantitative estimate of drug-likeness (QED) is 0.408. The first kappa shape index (κ1) is 22.9. The maximum absolute atomic E-state index is 12.9. The normalized spacial score (nSPS) is 11.5. The zero-order chi connectivity index (χ0) is 24.3. The zero-order valence-corrected chi connectivity index (χ0v) is 18.1. The molecule has 0 spiro atoms. The van der Waals surface area contributed by atoms with Gasteiger partial charge in [0.1, 0.15) is 29.3 Å². The van der Waals surface area contributed by atoms with Gasteiger partial charge in [0.2, 0.25) is 5.88 Å². The second kappa shape index (κ2) is 9.30. The van der Waals surface area contributed by atoms with Crippen LogP contribution in [0.15, 0.2) is 67.0 Å². The smallest absolute Gasteiger partial charge is 0.433 e. The van der Waals surface area contributed by atoms with Gasteiger partial charge in [0.25, 0.3) is 5.91 Å². The molecule has 0 radical (unpaired) electrons. The highest BCUT2D eigenvalue weighted by atomic mass is 19.4. The van der Waals surface area contributed by atoms with Gasteiger partial charge >= 0.3 is 6.18 Å². The van der Waals surface area contributed by atoms with Crippen molar-refractivity contribution in [2.45, 2.75) is 26.1 Å². The topological polar surface area (TPSA) is 94.8 Å². The van der Waals surface area contributed by atoms with Crippen LogP contribution in [0.1, 0.15) is 35.9 Å². The Labute approximate surface area is 192 Å². The van der Waals surface area contributed by atoms with E-state index >= 15 is 0 Å². The van der Waals surface area contributed by atoms with Gasteiger partial charge in [-0.2, -0.15) is 13.2 Å². The van der Waals surface area contributed by atoms with E-state index < -0.39 is 17.8 Å². The molecule has 3 aromatic heterocycles. The van der Waals surface area contributed by atoms with Crippen LogP contribution in [-0.2, 0) is 6.18 Å². The monoisotopic (exact) mass is 468 g/mol. The van der Waals surface area contributed by atoms with Crippen molar-refractivity contribution in [3.63, 3.8) is 0 Å². The summed E-state index contributed by atoms with van der Waals surface area (Å²) in [6.45, 7) is 3.98. The number of hydrogen-bond donors (Lipinski definition) is 1. The van der Waals surface area contributed by atoms with Crippen molar-refractivity contribution < 1.29 is 22.7 Å². The lowest BCUT2D eigenvalue weighted by molar-refractivity contribution is -0.141. The van der Waals surface area contributed by atoms with Gasteiger partial charge in [0.05, 0.1) is 0 Å². The van der Waals surface area contributed by atoms with Crippen molar-refractivity contribution in [1.29, 1.82) is 0 Å². The van der Waals surface area contributed by atoms with Crippen LogP contribution in [-0.4, -0.2) is 30.6 Å². The number of alkyl halides is 3. The molecule has 0 aliphatic rings. The van der Waals surface area contributed by atoms with E-state index in [-0.39, 0.29) is 23.2 Å². The van der Waals surface area contributed by atoms with E-state index in [2.05, 4.69) is 25.5 Å². The highest BCUT2D eigenvalue weighted by molar-refractivity contribution is 6.04. The number of ether oxygens (including phenoxy) is 1. The van der Waals surface area contributed by atoms with E-state index in [1.165, 1.54) is 24.3 Å². The molecule has 0 aliphatic carbocycles. The molecule has 4 aromatic rings. The van der Waals surface area contributed by atoms with Crippen molar-refractivity contribution in [2.75, 3.05) is 5.32 Å². The van der Waals surface area contributed by atoms with Crippen LogP contribution in [0.4, 0.5) is 19.0 Å². The number of hydrogen-bond acceptors (Lipinski definition) is 6. The Morgan fingerprint density at radius 1 is 1.03 bits per heavy atom. The number of carbonyl (C=O) groups excluding carboxylic acids is 1. The van der Waals surface area contributed by atoms with E-state index in [4.69, 9.17) is 4.74 Å².